The Balaban J connectivity index is 2.12. The van der Waals surface area contributed by atoms with E-state index in [1.54, 1.807) is 6.20 Å². The second kappa shape index (κ2) is 8.73. The van der Waals surface area contributed by atoms with E-state index in [1.165, 1.54) is 12.1 Å². The summed E-state index contributed by atoms with van der Waals surface area (Å²) >= 11 is 0. The van der Waals surface area contributed by atoms with Gasteiger partial charge in [0.05, 0.1) is 22.0 Å². The lowest BCUT2D eigenvalue weighted by Crippen LogP contribution is -2.07. The van der Waals surface area contributed by atoms with E-state index in [0.29, 0.717) is 23.4 Å². The lowest BCUT2D eigenvalue weighted by molar-refractivity contribution is -0.387. The van der Waals surface area contributed by atoms with E-state index in [2.05, 4.69) is 11.9 Å². The summed E-state index contributed by atoms with van der Waals surface area (Å²) < 4.78 is 13.8. The van der Waals surface area contributed by atoms with Gasteiger partial charge in [0.15, 0.2) is 0 Å². The van der Waals surface area contributed by atoms with Crippen LogP contribution in [-0.2, 0) is 6.42 Å². The molecule has 3 aromatic carbocycles. The van der Waals surface area contributed by atoms with Crippen LogP contribution in [0.2, 0.25) is 0 Å². The van der Waals surface area contributed by atoms with E-state index in [1.807, 2.05) is 54.6 Å². The maximum absolute atomic E-state index is 13.8. The van der Waals surface area contributed by atoms with Crippen LogP contribution >= 0.6 is 0 Å². The predicted octanol–water partition coefficient (Wildman–Crippen LogP) is 5.65. The minimum absolute atomic E-state index is 0.437. The molecule has 6 heteroatoms. The number of nitro benzene ring substituents is 1. The van der Waals surface area contributed by atoms with Crippen LogP contribution < -0.4 is 5.32 Å². The molecule has 0 aromatic heterocycles. The Kier molecular flexibility index (Phi) is 5.91. The molecule has 0 spiro atoms. The standard InChI is InChI=1S/C22H18FN3O2/c1-2-24-19-10-6-7-11-20(19)25-21(14-16-8-4-3-5-9-16)17-12-13-18(23)22(15-17)26(27)28/h2-13,15,24H,1,14H2/b25-21+. The molecule has 1 N–H and O–H groups in total. The van der Waals surface area contributed by atoms with E-state index in [9.17, 15) is 14.5 Å². The second-order valence-electron chi connectivity index (χ2n) is 6.01. The zero-order valence-electron chi connectivity index (χ0n) is 15.0. The molecule has 0 unspecified atom stereocenters. The van der Waals surface area contributed by atoms with Crippen molar-refractivity contribution in [3.63, 3.8) is 0 Å². The van der Waals surface area contributed by atoms with Crippen LogP contribution in [0, 0.1) is 15.9 Å². The fourth-order valence-corrected chi connectivity index (χ4v) is 2.78. The lowest BCUT2D eigenvalue weighted by atomic mass is 10.0. The van der Waals surface area contributed by atoms with Crippen LogP contribution in [-0.4, -0.2) is 10.6 Å². The molecule has 0 atom stereocenters. The summed E-state index contributed by atoms with van der Waals surface area (Å²) in [5.41, 5.74) is 2.90. The highest BCUT2D eigenvalue weighted by Gasteiger charge is 2.17. The predicted molar refractivity (Wildman–Crippen MR) is 110 cm³/mol. The zero-order valence-corrected chi connectivity index (χ0v) is 15.0. The number of halogens is 1. The number of nitrogens with one attached hydrogen (secondary N) is 1. The number of nitrogens with zero attached hydrogens (tertiary/aromatic N) is 2. The van der Waals surface area contributed by atoms with Gasteiger partial charge < -0.3 is 5.32 Å². The van der Waals surface area contributed by atoms with Crippen LogP contribution in [0.4, 0.5) is 21.5 Å². The third-order valence-corrected chi connectivity index (χ3v) is 4.11. The molecule has 0 bridgehead atoms. The Morgan fingerprint density at radius 1 is 1.11 bits per heavy atom. The van der Waals surface area contributed by atoms with Crippen molar-refractivity contribution >= 4 is 22.8 Å². The van der Waals surface area contributed by atoms with Gasteiger partial charge in [-0.15, -0.1) is 0 Å². The summed E-state index contributed by atoms with van der Waals surface area (Å²) in [6.07, 6.45) is 1.99. The number of benzene rings is 3. The van der Waals surface area contributed by atoms with Gasteiger partial charge in [-0.3, -0.25) is 15.1 Å². The fraction of sp³-hybridized carbons (Fsp3) is 0.0455. The van der Waals surface area contributed by atoms with Gasteiger partial charge in [-0.05, 0) is 36.0 Å². The molecule has 0 radical (unpaired) electrons. The van der Waals surface area contributed by atoms with Crippen molar-refractivity contribution in [3.05, 3.63) is 113 Å². The molecular weight excluding hydrogens is 357 g/mol. The maximum atomic E-state index is 13.8. The average molecular weight is 375 g/mol. The number of rotatable bonds is 7. The van der Waals surface area contributed by atoms with E-state index in [0.717, 1.165) is 17.3 Å². The first-order chi connectivity index (χ1) is 13.6. The summed E-state index contributed by atoms with van der Waals surface area (Å²) in [5, 5.41) is 14.2. The first kappa shape index (κ1) is 19.0. The van der Waals surface area contributed by atoms with Gasteiger partial charge >= 0.3 is 5.69 Å². The highest BCUT2D eigenvalue weighted by atomic mass is 19.1. The number of anilines is 1. The Morgan fingerprint density at radius 3 is 2.54 bits per heavy atom. The monoisotopic (exact) mass is 375 g/mol. The molecule has 28 heavy (non-hydrogen) atoms. The van der Waals surface area contributed by atoms with Crippen molar-refractivity contribution in [2.45, 2.75) is 6.42 Å². The molecule has 3 aromatic rings. The lowest BCUT2D eigenvalue weighted by Gasteiger charge is -2.11. The zero-order chi connectivity index (χ0) is 19.9. The van der Waals surface area contributed by atoms with Gasteiger partial charge in [0.1, 0.15) is 0 Å². The minimum atomic E-state index is -0.874. The third kappa shape index (κ3) is 4.48. The number of hydrogen-bond donors (Lipinski definition) is 1. The van der Waals surface area contributed by atoms with Crippen molar-refractivity contribution in [2.24, 2.45) is 4.99 Å². The first-order valence-corrected chi connectivity index (χ1v) is 8.61. The Bertz CT molecular complexity index is 1030. The van der Waals surface area contributed by atoms with Gasteiger partial charge in [0.2, 0.25) is 5.82 Å². The Morgan fingerprint density at radius 2 is 1.82 bits per heavy atom. The summed E-state index contributed by atoms with van der Waals surface area (Å²) in [5.74, 6) is -0.874. The molecule has 5 nitrogen and oxygen atoms in total. The number of hydrogen-bond acceptors (Lipinski definition) is 4. The summed E-state index contributed by atoms with van der Waals surface area (Å²) in [6, 6.07) is 20.8. The van der Waals surface area contributed by atoms with Crippen molar-refractivity contribution in [1.29, 1.82) is 0 Å². The van der Waals surface area contributed by atoms with E-state index < -0.39 is 16.4 Å². The molecule has 0 fully saturated rings. The van der Waals surface area contributed by atoms with Gasteiger partial charge in [0, 0.05) is 18.1 Å². The van der Waals surface area contributed by atoms with Crippen LogP contribution in [0.15, 0.2) is 90.6 Å². The van der Waals surface area contributed by atoms with Crippen LogP contribution in [0.5, 0.6) is 0 Å². The van der Waals surface area contributed by atoms with Crippen molar-refractivity contribution in [2.75, 3.05) is 5.32 Å². The number of aliphatic imine (C=N–C) groups is 1. The average Bonchev–Trinajstić information content (AvgIpc) is 2.70. The minimum Gasteiger partial charge on any atom is -0.361 e. The molecular formula is C22H18FN3O2. The largest absolute Gasteiger partial charge is 0.361 e. The molecule has 0 aliphatic heterocycles. The quantitative estimate of drug-likeness (QED) is 0.329. The van der Waals surface area contributed by atoms with Gasteiger partial charge in [-0.25, -0.2) is 0 Å². The summed E-state index contributed by atoms with van der Waals surface area (Å²) in [7, 11) is 0. The van der Waals surface area contributed by atoms with Gasteiger partial charge in [-0.2, -0.15) is 4.39 Å². The van der Waals surface area contributed by atoms with Crippen LogP contribution in [0.25, 0.3) is 0 Å². The second-order valence-corrected chi connectivity index (χ2v) is 6.01. The number of nitro groups is 1. The highest BCUT2D eigenvalue weighted by molar-refractivity contribution is 6.04. The first-order valence-electron chi connectivity index (χ1n) is 8.61. The third-order valence-electron chi connectivity index (χ3n) is 4.11. The molecule has 140 valence electrons. The summed E-state index contributed by atoms with van der Waals surface area (Å²) in [6.45, 7) is 3.67. The van der Waals surface area contributed by atoms with Gasteiger partial charge in [-0.1, -0.05) is 49.0 Å². The Hall–Kier alpha value is -3.80. The molecule has 0 saturated carbocycles. The van der Waals surface area contributed by atoms with Crippen LogP contribution in [0.3, 0.4) is 0 Å². The SMILES string of the molecule is C=CNc1ccccc1/N=C(\Cc1ccccc1)c1ccc(F)c([N+](=O)[O-])c1. The topological polar surface area (TPSA) is 67.5 Å². The normalized spacial score (nSPS) is 11.1. The highest BCUT2D eigenvalue weighted by Crippen LogP contribution is 2.27. The molecule has 0 saturated heterocycles. The molecule has 0 aliphatic carbocycles. The van der Waals surface area contributed by atoms with Crippen molar-refractivity contribution in [3.8, 4) is 0 Å². The molecule has 0 aliphatic rings. The Labute approximate surface area is 162 Å². The molecule has 0 heterocycles. The molecule has 3 rings (SSSR count). The van der Waals surface area contributed by atoms with E-state index in [4.69, 9.17) is 4.99 Å². The fourth-order valence-electron chi connectivity index (χ4n) is 2.78. The van der Waals surface area contributed by atoms with Crippen molar-refractivity contribution < 1.29 is 9.31 Å². The van der Waals surface area contributed by atoms with E-state index in [-0.39, 0.29) is 0 Å². The smallest absolute Gasteiger partial charge is 0.305 e. The van der Waals surface area contributed by atoms with Crippen LogP contribution in [0.1, 0.15) is 11.1 Å². The van der Waals surface area contributed by atoms with Gasteiger partial charge in [0.25, 0.3) is 0 Å². The van der Waals surface area contributed by atoms with E-state index >= 15 is 0 Å². The number of para-hydroxylation sites is 2. The molecule has 0 amide bonds. The maximum Gasteiger partial charge on any atom is 0.305 e. The van der Waals surface area contributed by atoms with Crippen molar-refractivity contribution in [1.82, 2.24) is 0 Å². The summed E-state index contributed by atoms with van der Waals surface area (Å²) in [4.78, 5) is 15.2.